The molecule has 0 radical (unpaired) electrons. The van der Waals surface area contributed by atoms with Gasteiger partial charge in [0.25, 0.3) is 10.0 Å². The number of benzene rings is 2. The number of alkyl halides is 3. The van der Waals surface area contributed by atoms with Gasteiger partial charge in [-0.15, -0.1) is 0 Å². The lowest BCUT2D eigenvalue weighted by Gasteiger charge is -2.36. The Balaban J connectivity index is 1.49. The Morgan fingerprint density at radius 3 is 2.59 bits per heavy atom. The van der Waals surface area contributed by atoms with Crippen molar-refractivity contribution in [3.8, 4) is 5.75 Å². The highest BCUT2D eigenvalue weighted by molar-refractivity contribution is 7.92. The van der Waals surface area contributed by atoms with Gasteiger partial charge < -0.3 is 10.1 Å². The molecule has 0 aliphatic heterocycles. The summed E-state index contributed by atoms with van der Waals surface area (Å²) in [6.07, 6.45) is -0.949. The number of rotatable bonds is 7. The summed E-state index contributed by atoms with van der Waals surface area (Å²) in [4.78, 5) is 6.76. The van der Waals surface area contributed by atoms with E-state index in [1.54, 1.807) is 13.1 Å². The molecular formula is C24H23ClF4N4O3S. The lowest BCUT2D eigenvalue weighted by Crippen LogP contribution is -2.45. The maximum Gasteiger partial charge on any atom is 0.416 e. The molecular weight excluding hydrogens is 536 g/mol. The summed E-state index contributed by atoms with van der Waals surface area (Å²) in [5.41, 5.74) is -0.112. The summed E-state index contributed by atoms with van der Waals surface area (Å²) < 4.78 is 87.7. The molecule has 3 atom stereocenters. The van der Waals surface area contributed by atoms with Crippen molar-refractivity contribution in [2.75, 3.05) is 11.8 Å². The zero-order chi connectivity index (χ0) is 26.8. The molecule has 198 valence electrons. The molecule has 37 heavy (non-hydrogen) atoms. The Bertz CT molecular complexity index is 1360. The molecule has 0 unspecified atom stereocenters. The van der Waals surface area contributed by atoms with Gasteiger partial charge in [-0.05, 0) is 56.0 Å². The first kappa shape index (κ1) is 27.1. The molecule has 7 nitrogen and oxygen atoms in total. The van der Waals surface area contributed by atoms with Gasteiger partial charge in [0.2, 0.25) is 0 Å². The van der Waals surface area contributed by atoms with Crippen LogP contribution in [-0.2, 0) is 16.2 Å². The second kappa shape index (κ2) is 10.8. The Morgan fingerprint density at radius 1 is 1.14 bits per heavy atom. The summed E-state index contributed by atoms with van der Waals surface area (Å²) in [6.45, 7) is 0. The highest BCUT2D eigenvalue weighted by Gasteiger charge is 2.35. The van der Waals surface area contributed by atoms with Crippen LogP contribution in [-0.4, -0.2) is 37.6 Å². The van der Waals surface area contributed by atoms with Gasteiger partial charge in [0.15, 0.2) is 0 Å². The van der Waals surface area contributed by atoms with Gasteiger partial charge in [-0.3, -0.25) is 4.72 Å². The van der Waals surface area contributed by atoms with Crippen LogP contribution in [0.5, 0.6) is 5.75 Å². The maximum absolute atomic E-state index is 14.9. The van der Waals surface area contributed by atoms with Gasteiger partial charge >= 0.3 is 6.18 Å². The molecule has 4 rings (SSSR count). The van der Waals surface area contributed by atoms with Gasteiger partial charge in [0.1, 0.15) is 34.7 Å². The highest BCUT2D eigenvalue weighted by atomic mass is 35.5. The number of hydrogen-bond acceptors (Lipinski definition) is 6. The molecule has 13 heteroatoms. The lowest BCUT2D eigenvalue weighted by molar-refractivity contribution is -0.137. The van der Waals surface area contributed by atoms with Crippen molar-refractivity contribution >= 4 is 27.4 Å². The first-order chi connectivity index (χ1) is 17.5. The van der Waals surface area contributed by atoms with Gasteiger partial charge in [0.05, 0.1) is 10.6 Å². The molecule has 0 bridgehead atoms. The fourth-order valence-corrected chi connectivity index (χ4v) is 5.74. The van der Waals surface area contributed by atoms with Crippen LogP contribution in [0, 0.1) is 5.82 Å². The molecule has 1 heterocycles. The van der Waals surface area contributed by atoms with Gasteiger partial charge in [0, 0.05) is 18.3 Å². The quantitative estimate of drug-likeness (QED) is 0.378. The summed E-state index contributed by atoms with van der Waals surface area (Å²) in [5, 5.41) is 3.00. The van der Waals surface area contributed by atoms with Crippen LogP contribution in [0.4, 0.5) is 23.4 Å². The van der Waals surface area contributed by atoms with Crippen molar-refractivity contribution in [3.63, 3.8) is 0 Å². The molecule has 0 spiro atoms. The molecule has 0 saturated heterocycles. The van der Waals surface area contributed by atoms with E-state index in [9.17, 15) is 26.0 Å². The van der Waals surface area contributed by atoms with Gasteiger partial charge in [-0.1, -0.05) is 29.8 Å². The standard InChI is InChI=1S/C24H23ClF4N4O3S/c1-30-19-10-15(14-3-2-4-16(9-14)24(27,28)29)5-6-20(19)36-21-12-18(26)22(11-17(21)25)37(34,35)33-23-7-8-31-13-32-23/h2-4,7-9,11-13,15,19-20,30H,5-6,10H2,1H3,(H,31,32,33)/t15-,19-,20-/m0/s1. The van der Waals surface area contributed by atoms with Crippen LogP contribution in [0.1, 0.15) is 36.3 Å². The SMILES string of the molecule is CN[C@H]1C[C@@H](c2cccc(C(F)(F)F)c2)CC[C@@H]1Oc1cc(F)c(S(=O)(=O)Nc2ccncn2)cc1Cl. The van der Waals surface area contributed by atoms with E-state index in [2.05, 4.69) is 20.0 Å². The zero-order valence-corrected chi connectivity index (χ0v) is 21.0. The molecule has 1 fully saturated rings. The normalized spacial score (nSPS) is 20.4. The number of aromatic nitrogens is 2. The molecule has 2 aromatic carbocycles. The van der Waals surface area contributed by atoms with Crippen LogP contribution in [0.25, 0.3) is 0 Å². The van der Waals surface area contributed by atoms with Gasteiger partial charge in [-0.2, -0.15) is 13.2 Å². The monoisotopic (exact) mass is 558 g/mol. The van der Waals surface area contributed by atoms with Crippen molar-refractivity contribution in [1.29, 1.82) is 0 Å². The number of anilines is 1. The minimum absolute atomic E-state index is 0.0390. The van der Waals surface area contributed by atoms with E-state index < -0.39 is 38.6 Å². The third-order valence-electron chi connectivity index (χ3n) is 6.22. The third-order valence-corrected chi connectivity index (χ3v) is 7.88. The first-order valence-electron chi connectivity index (χ1n) is 11.3. The Kier molecular flexibility index (Phi) is 7.91. The maximum atomic E-state index is 14.9. The summed E-state index contributed by atoms with van der Waals surface area (Å²) in [6, 6.07) is 8.18. The van der Waals surface area contributed by atoms with E-state index in [0.717, 1.165) is 24.5 Å². The van der Waals surface area contributed by atoms with Crippen LogP contribution < -0.4 is 14.8 Å². The smallest absolute Gasteiger partial charge is 0.416 e. The fourth-order valence-electron chi connectivity index (χ4n) is 4.37. The van der Waals surface area contributed by atoms with Crippen molar-refractivity contribution in [1.82, 2.24) is 15.3 Å². The topological polar surface area (TPSA) is 93.2 Å². The second-order valence-electron chi connectivity index (χ2n) is 8.60. The Labute approximate surface area is 216 Å². The van der Waals surface area contributed by atoms with E-state index in [-0.39, 0.29) is 28.5 Å². The molecule has 2 N–H and O–H groups in total. The van der Waals surface area contributed by atoms with Crippen molar-refractivity contribution in [2.45, 2.75) is 48.4 Å². The number of nitrogens with one attached hydrogen (secondary N) is 2. The average molecular weight is 559 g/mol. The number of halogens is 5. The predicted octanol–water partition coefficient (Wildman–Crippen LogP) is 5.39. The Morgan fingerprint density at radius 2 is 1.92 bits per heavy atom. The Hall–Kier alpha value is -2.96. The van der Waals surface area contributed by atoms with E-state index in [0.29, 0.717) is 24.8 Å². The van der Waals surface area contributed by atoms with E-state index >= 15 is 0 Å². The average Bonchev–Trinajstić information content (AvgIpc) is 2.86. The van der Waals surface area contributed by atoms with Crippen LogP contribution in [0.2, 0.25) is 5.02 Å². The van der Waals surface area contributed by atoms with Crippen LogP contribution in [0.15, 0.2) is 59.9 Å². The van der Waals surface area contributed by atoms with E-state index in [1.807, 2.05) is 0 Å². The number of sulfonamides is 1. The summed E-state index contributed by atoms with van der Waals surface area (Å²) >= 11 is 6.27. The van der Waals surface area contributed by atoms with Crippen molar-refractivity contribution < 1.29 is 30.7 Å². The number of nitrogens with zero attached hydrogens (tertiary/aromatic N) is 2. The zero-order valence-electron chi connectivity index (χ0n) is 19.5. The van der Waals surface area contributed by atoms with E-state index in [4.69, 9.17) is 16.3 Å². The molecule has 0 amide bonds. The number of hydrogen-bond donors (Lipinski definition) is 2. The third kappa shape index (κ3) is 6.31. The number of ether oxygens (including phenoxy) is 1. The molecule has 3 aromatic rings. The summed E-state index contributed by atoms with van der Waals surface area (Å²) in [7, 11) is -2.63. The lowest BCUT2D eigenvalue weighted by atomic mass is 9.79. The highest BCUT2D eigenvalue weighted by Crippen LogP contribution is 2.39. The largest absolute Gasteiger partial charge is 0.487 e. The van der Waals surface area contributed by atoms with E-state index in [1.165, 1.54) is 24.4 Å². The van der Waals surface area contributed by atoms with Crippen LogP contribution >= 0.6 is 11.6 Å². The number of likely N-dealkylation sites (N-methyl/N-ethyl adjacent to an activating group) is 1. The molecule has 1 aliphatic carbocycles. The minimum atomic E-state index is -4.43. The summed E-state index contributed by atoms with van der Waals surface area (Å²) in [5.74, 6) is -1.28. The van der Waals surface area contributed by atoms with Gasteiger partial charge in [-0.25, -0.2) is 22.8 Å². The minimum Gasteiger partial charge on any atom is -0.487 e. The van der Waals surface area contributed by atoms with Crippen molar-refractivity contribution in [2.24, 2.45) is 0 Å². The fraction of sp³-hybridized carbons (Fsp3) is 0.333. The molecule has 1 saturated carbocycles. The van der Waals surface area contributed by atoms with Crippen molar-refractivity contribution in [3.05, 3.63) is 77.0 Å². The molecule has 1 aliphatic rings. The first-order valence-corrected chi connectivity index (χ1v) is 13.1. The second-order valence-corrected chi connectivity index (χ2v) is 10.7. The van der Waals surface area contributed by atoms with Crippen LogP contribution in [0.3, 0.4) is 0 Å². The molecule has 1 aromatic heterocycles. The predicted molar refractivity (Wildman–Crippen MR) is 130 cm³/mol.